The summed E-state index contributed by atoms with van der Waals surface area (Å²) in [6.07, 6.45) is 3.42. The number of anilines is 2. The molecule has 0 saturated carbocycles. The van der Waals surface area contributed by atoms with Gasteiger partial charge in [0.1, 0.15) is 5.82 Å². The van der Waals surface area contributed by atoms with Gasteiger partial charge in [0.05, 0.1) is 15.8 Å². The Morgan fingerprint density at radius 2 is 2.13 bits per heavy atom. The lowest BCUT2D eigenvalue weighted by molar-refractivity contribution is 0.621. The van der Waals surface area contributed by atoms with Crippen LogP contribution in [0.15, 0.2) is 16.6 Å². The zero-order chi connectivity index (χ0) is 11.3. The van der Waals surface area contributed by atoms with Crippen LogP contribution in [-0.4, -0.2) is 6.54 Å². The summed E-state index contributed by atoms with van der Waals surface area (Å²) < 4.78 is 13.6. The van der Waals surface area contributed by atoms with Gasteiger partial charge in [-0.3, -0.25) is 0 Å². The van der Waals surface area contributed by atoms with Crippen LogP contribution >= 0.6 is 15.9 Å². The lowest BCUT2D eigenvalue weighted by Gasteiger charge is -2.09. The summed E-state index contributed by atoms with van der Waals surface area (Å²) in [6, 6.07) is 3.00. The molecule has 0 unspecified atom stereocenters. The van der Waals surface area contributed by atoms with Gasteiger partial charge in [-0.05, 0) is 28.4 Å². The van der Waals surface area contributed by atoms with Crippen molar-refractivity contribution in [3.63, 3.8) is 0 Å². The number of nitrogens with two attached hydrogens (primary N) is 1. The molecule has 3 N–H and O–H groups in total. The van der Waals surface area contributed by atoms with E-state index in [1.165, 1.54) is 18.9 Å². The maximum atomic E-state index is 13.2. The van der Waals surface area contributed by atoms with E-state index in [-0.39, 0.29) is 5.82 Å². The molecule has 0 spiro atoms. The molecule has 0 amide bonds. The lowest BCUT2D eigenvalue weighted by atomic mass is 10.2. The Bertz CT molecular complexity index is 329. The minimum Gasteiger partial charge on any atom is -0.397 e. The monoisotopic (exact) mass is 274 g/mol. The molecule has 4 heteroatoms. The number of unbranched alkanes of at least 4 members (excludes halogenated alkanes) is 2. The van der Waals surface area contributed by atoms with Gasteiger partial charge < -0.3 is 11.1 Å². The zero-order valence-corrected chi connectivity index (χ0v) is 10.4. The number of benzene rings is 1. The molecule has 0 fully saturated rings. The van der Waals surface area contributed by atoms with Crippen molar-refractivity contribution in [2.75, 3.05) is 17.6 Å². The van der Waals surface area contributed by atoms with E-state index in [4.69, 9.17) is 5.73 Å². The van der Waals surface area contributed by atoms with Crippen molar-refractivity contribution in [2.45, 2.75) is 26.2 Å². The highest BCUT2D eigenvalue weighted by molar-refractivity contribution is 9.10. The van der Waals surface area contributed by atoms with Crippen molar-refractivity contribution >= 4 is 27.3 Å². The number of halogens is 2. The zero-order valence-electron chi connectivity index (χ0n) is 8.82. The molecule has 84 valence electrons. The molecule has 0 atom stereocenters. The first-order valence-corrected chi connectivity index (χ1v) is 5.92. The second kappa shape index (κ2) is 5.95. The molecule has 0 aromatic heterocycles. The topological polar surface area (TPSA) is 38.0 Å². The number of hydrogen-bond acceptors (Lipinski definition) is 2. The molecule has 0 aliphatic carbocycles. The summed E-state index contributed by atoms with van der Waals surface area (Å²) in [5.41, 5.74) is 6.99. The van der Waals surface area contributed by atoms with Crippen molar-refractivity contribution in [3.05, 3.63) is 22.4 Å². The summed E-state index contributed by atoms with van der Waals surface area (Å²) in [5, 5.41) is 3.13. The highest BCUT2D eigenvalue weighted by Gasteiger charge is 2.04. The van der Waals surface area contributed by atoms with Gasteiger partial charge in [0, 0.05) is 12.6 Å². The smallest absolute Gasteiger partial charge is 0.139 e. The number of rotatable bonds is 5. The first-order valence-electron chi connectivity index (χ1n) is 5.13. The van der Waals surface area contributed by atoms with E-state index in [0.29, 0.717) is 15.8 Å². The van der Waals surface area contributed by atoms with Gasteiger partial charge in [-0.1, -0.05) is 19.8 Å². The lowest BCUT2D eigenvalue weighted by Crippen LogP contribution is -2.04. The van der Waals surface area contributed by atoms with Crippen LogP contribution in [0, 0.1) is 5.82 Å². The molecular formula is C11H16BrFN2. The standard InChI is InChI=1S/C11H16BrFN2/c1-2-3-4-5-15-11-7-9(13)8(12)6-10(11)14/h6-7,15H,2-5,14H2,1H3. The molecule has 2 nitrogen and oxygen atoms in total. The molecule has 1 aromatic carbocycles. The molecule has 0 bridgehead atoms. The predicted octanol–water partition coefficient (Wildman–Crippen LogP) is 3.77. The summed E-state index contributed by atoms with van der Waals surface area (Å²) in [4.78, 5) is 0. The first-order chi connectivity index (χ1) is 7.15. The molecule has 1 aromatic rings. The van der Waals surface area contributed by atoms with E-state index in [0.717, 1.165) is 13.0 Å². The Hall–Kier alpha value is -0.770. The van der Waals surface area contributed by atoms with E-state index in [1.54, 1.807) is 6.07 Å². The normalized spacial score (nSPS) is 10.3. The molecule has 0 aliphatic heterocycles. The Balaban J connectivity index is 2.57. The van der Waals surface area contributed by atoms with Crippen LogP contribution in [0.2, 0.25) is 0 Å². The highest BCUT2D eigenvalue weighted by atomic mass is 79.9. The van der Waals surface area contributed by atoms with Crippen molar-refractivity contribution in [1.82, 2.24) is 0 Å². The number of hydrogen-bond donors (Lipinski definition) is 2. The fourth-order valence-electron chi connectivity index (χ4n) is 1.31. The molecule has 15 heavy (non-hydrogen) atoms. The third-order valence-corrected chi connectivity index (χ3v) is 2.80. The minimum absolute atomic E-state index is 0.290. The molecule has 1 rings (SSSR count). The summed E-state index contributed by atoms with van der Waals surface area (Å²) >= 11 is 3.09. The predicted molar refractivity (Wildman–Crippen MR) is 66.5 cm³/mol. The van der Waals surface area contributed by atoms with Gasteiger partial charge in [-0.25, -0.2) is 4.39 Å². The number of nitrogen functional groups attached to an aromatic ring is 1. The van der Waals surface area contributed by atoms with Gasteiger partial charge in [-0.2, -0.15) is 0 Å². The first kappa shape index (κ1) is 12.3. The number of nitrogens with one attached hydrogen (secondary N) is 1. The largest absolute Gasteiger partial charge is 0.397 e. The van der Waals surface area contributed by atoms with Gasteiger partial charge in [0.2, 0.25) is 0 Å². The van der Waals surface area contributed by atoms with Crippen molar-refractivity contribution in [1.29, 1.82) is 0 Å². The van der Waals surface area contributed by atoms with Gasteiger partial charge in [-0.15, -0.1) is 0 Å². The Kier molecular flexibility index (Phi) is 4.88. The van der Waals surface area contributed by atoms with Crippen molar-refractivity contribution in [2.24, 2.45) is 0 Å². The van der Waals surface area contributed by atoms with Crippen LogP contribution in [-0.2, 0) is 0 Å². The molecule has 0 aliphatic rings. The van der Waals surface area contributed by atoms with Crippen LogP contribution < -0.4 is 11.1 Å². The second-order valence-corrected chi connectivity index (χ2v) is 4.34. The van der Waals surface area contributed by atoms with Gasteiger partial charge in [0.25, 0.3) is 0 Å². The maximum absolute atomic E-state index is 13.2. The molecule has 0 heterocycles. The van der Waals surface area contributed by atoms with E-state index >= 15 is 0 Å². The van der Waals surface area contributed by atoms with Crippen LogP contribution in [0.3, 0.4) is 0 Å². The second-order valence-electron chi connectivity index (χ2n) is 3.49. The SMILES string of the molecule is CCCCCNc1cc(F)c(Br)cc1N. The fourth-order valence-corrected chi connectivity index (χ4v) is 1.67. The van der Waals surface area contributed by atoms with Gasteiger partial charge in [0.15, 0.2) is 0 Å². The van der Waals surface area contributed by atoms with Gasteiger partial charge >= 0.3 is 0 Å². The third kappa shape index (κ3) is 3.70. The Labute approximate surface area is 98.2 Å². The van der Waals surface area contributed by atoms with Crippen LogP contribution in [0.5, 0.6) is 0 Å². The Morgan fingerprint density at radius 1 is 1.40 bits per heavy atom. The Morgan fingerprint density at radius 3 is 2.80 bits per heavy atom. The quantitative estimate of drug-likeness (QED) is 0.634. The van der Waals surface area contributed by atoms with E-state index < -0.39 is 0 Å². The van der Waals surface area contributed by atoms with Crippen LogP contribution in [0.25, 0.3) is 0 Å². The average Bonchev–Trinajstić information content (AvgIpc) is 2.20. The van der Waals surface area contributed by atoms with E-state index in [9.17, 15) is 4.39 Å². The summed E-state index contributed by atoms with van der Waals surface area (Å²) in [6.45, 7) is 2.98. The van der Waals surface area contributed by atoms with Crippen LogP contribution in [0.1, 0.15) is 26.2 Å². The van der Waals surface area contributed by atoms with E-state index in [2.05, 4.69) is 28.2 Å². The van der Waals surface area contributed by atoms with Crippen molar-refractivity contribution < 1.29 is 4.39 Å². The fraction of sp³-hybridized carbons (Fsp3) is 0.455. The van der Waals surface area contributed by atoms with Crippen LogP contribution in [0.4, 0.5) is 15.8 Å². The highest BCUT2D eigenvalue weighted by Crippen LogP contribution is 2.26. The van der Waals surface area contributed by atoms with E-state index in [1.807, 2.05) is 0 Å². The van der Waals surface area contributed by atoms with Crippen molar-refractivity contribution in [3.8, 4) is 0 Å². The molecular weight excluding hydrogens is 259 g/mol. The molecule has 0 radical (unpaired) electrons. The summed E-state index contributed by atoms with van der Waals surface area (Å²) in [7, 11) is 0. The summed E-state index contributed by atoms with van der Waals surface area (Å²) in [5.74, 6) is -0.290. The third-order valence-electron chi connectivity index (χ3n) is 2.19. The minimum atomic E-state index is -0.290. The molecule has 0 saturated heterocycles. The maximum Gasteiger partial charge on any atom is 0.139 e. The average molecular weight is 275 g/mol.